The second-order valence-corrected chi connectivity index (χ2v) is 5.28. The summed E-state index contributed by atoms with van der Waals surface area (Å²) in [5.41, 5.74) is 1.88. The monoisotopic (exact) mass is 298 g/mol. The number of rotatable bonds is 3. The average molecular weight is 300 g/mol. The Morgan fingerprint density at radius 1 is 1.44 bits per heavy atom. The Bertz CT molecular complexity index is 451. The van der Waals surface area contributed by atoms with Gasteiger partial charge >= 0.3 is 0 Å². The van der Waals surface area contributed by atoms with Gasteiger partial charge in [-0.1, -0.05) is 39.7 Å². The normalized spacial score (nSPS) is 15.0. The van der Waals surface area contributed by atoms with Gasteiger partial charge in [-0.05, 0) is 42.5 Å². The molecule has 1 nitrogen and oxygen atoms in total. The first-order valence-electron chi connectivity index (χ1n) is 5.33. The van der Waals surface area contributed by atoms with Crippen LogP contribution in [-0.2, 0) is 11.2 Å². The van der Waals surface area contributed by atoms with E-state index in [2.05, 4.69) is 22.0 Å². The number of carbonyl (C=O) groups excluding carboxylic acids is 1. The molecule has 0 fully saturated rings. The van der Waals surface area contributed by atoms with Gasteiger partial charge in [0.2, 0.25) is 0 Å². The van der Waals surface area contributed by atoms with Gasteiger partial charge in [0.1, 0.15) is 0 Å². The van der Waals surface area contributed by atoms with Gasteiger partial charge in [0.15, 0.2) is 5.78 Å². The van der Waals surface area contributed by atoms with Crippen LogP contribution in [0.1, 0.15) is 24.8 Å². The number of hydrogen-bond acceptors (Lipinski definition) is 1. The van der Waals surface area contributed by atoms with Crippen LogP contribution in [-0.4, -0.2) is 5.78 Å². The molecule has 0 bridgehead atoms. The van der Waals surface area contributed by atoms with Crippen molar-refractivity contribution in [2.75, 3.05) is 0 Å². The van der Waals surface area contributed by atoms with Crippen molar-refractivity contribution in [2.45, 2.75) is 25.7 Å². The molecule has 0 aliphatic heterocycles. The van der Waals surface area contributed by atoms with E-state index in [9.17, 15) is 4.79 Å². The summed E-state index contributed by atoms with van der Waals surface area (Å²) in [4.78, 5) is 11.9. The van der Waals surface area contributed by atoms with Gasteiger partial charge in [-0.15, -0.1) is 0 Å². The molecule has 16 heavy (non-hydrogen) atoms. The lowest BCUT2D eigenvalue weighted by molar-refractivity contribution is -0.115. The van der Waals surface area contributed by atoms with Crippen LogP contribution in [0.2, 0.25) is 5.02 Å². The standard InChI is InChI=1S/C13H12BrClO/c14-11-6-5-10(12(15)8-11)7-13(16)9-3-1-2-4-9/h3,5-6,8H,1-2,4,7H2. The molecule has 0 spiro atoms. The van der Waals surface area contributed by atoms with Gasteiger partial charge < -0.3 is 0 Å². The Hall–Kier alpha value is -0.600. The minimum atomic E-state index is 0.210. The topological polar surface area (TPSA) is 17.1 Å². The molecule has 0 N–H and O–H groups in total. The summed E-state index contributed by atoms with van der Waals surface area (Å²) in [5.74, 6) is 0.210. The van der Waals surface area contributed by atoms with Crippen molar-refractivity contribution >= 4 is 33.3 Å². The molecule has 1 aliphatic rings. The Labute approximate surface area is 109 Å². The van der Waals surface area contributed by atoms with Crippen molar-refractivity contribution in [1.82, 2.24) is 0 Å². The van der Waals surface area contributed by atoms with Crippen molar-refractivity contribution in [2.24, 2.45) is 0 Å². The number of ketones is 1. The molecular formula is C13H12BrClO. The highest BCUT2D eigenvalue weighted by atomic mass is 79.9. The van der Waals surface area contributed by atoms with Gasteiger partial charge in [0.05, 0.1) is 0 Å². The first-order chi connectivity index (χ1) is 7.66. The molecule has 0 atom stereocenters. The van der Waals surface area contributed by atoms with Crippen LogP contribution in [0.25, 0.3) is 0 Å². The van der Waals surface area contributed by atoms with E-state index in [1.54, 1.807) is 0 Å². The van der Waals surface area contributed by atoms with E-state index in [0.717, 1.165) is 34.9 Å². The van der Waals surface area contributed by atoms with Crippen LogP contribution in [0.3, 0.4) is 0 Å². The van der Waals surface area contributed by atoms with Crippen LogP contribution in [0.5, 0.6) is 0 Å². The van der Waals surface area contributed by atoms with Crippen molar-refractivity contribution < 1.29 is 4.79 Å². The van der Waals surface area contributed by atoms with E-state index in [1.807, 2.05) is 18.2 Å². The van der Waals surface area contributed by atoms with E-state index in [1.165, 1.54) is 0 Å². The van der Waals surface area contributed by atoms with Crippen LogP contribution >= 0.6 is 27.5 Å². The lowest BCUT2D eigenvalue weighted by atomic mass is 10.0. The van der Waals surface area contributed by atoms with Crippen LogP contribution < -0.4 is 0 Å². The van der Waals surface area contributed by atoms with Gasteiger partial charge in [-0.25, -0.2) is 0 Å². The summed E-state index contributed by atoms with van der Waals surface area (Å²) in [7, 11) is 0. The molecule has 1 aromatic rings. The third kappa shape index (κ3) is 2.74. The minimum absolute atomic E-state index is 0.210. The zero-order chi connectivity index (χ0) is 11.5. The first-order valence-corrected chi connectivity index (χ1v) is 6.50. The highest BCUT2D eigenvalue weighted by molar-refractivity contribution is 9.10. The molecule has 3 heteroatoms. The number of allylic oxidation sites excluding steroid dienone is 2. The highest BCUT2D eigenvalue weighted by Crippen LogP contribution is 2.25. The first kappa shape index (κ1) is 11.9. The summed E-state index contributed by atoms with van der Waals surface area (Å²) in [5, 5.41) is 0.654. The molecule has 0 aromatic heterocycles. The number of Topliss-reactive ketones (excluding diaryl/α,β-unsaturated/α-hetero) is 1. The van der Waals surface area contributed by atoms with Crippen molar-refractivity contribution in [3.63, 3.8) is 0 Å². The molecule has 0 radical (unpaired) electrons. The number of benzene rings is 1. The number of halogens is 2. The molecular weight excluding hydrogens is 287 g/mol. The fraction of sp³-hybridized carbons (Fsp3) is 0.308. The quantitative estimate of drug-likeness (QED) is 0.812. The summed E-state index contributed by atoms with van der Waals surface area (Å²) in [6, 6.07) is 5.64. The predicted molar refractivity (Wildman–Crippen MR) is 69.8 cm³/mol. The Morgan fingerprint density at radius 3 is 2.88 bits per heavy atom. The highest BCUT2D eigenvalue weighted by Gasteiger charge is 2.15. The number of carbonyl (C=O) groups is 1. The second-order valence-electron chi connectivity index (χ2n) is 3.96. The van der Waals surface area contributed by atoms with Crippen LogP contribution in [0.15, 0.2) is 34.3 Å². The lowest BCUT2D eigenvalue weighted by Crippen LogP contribution is -2.05. The van der Waals surface area contributed by atoms with Crippen LogP contribution in [0, 0.1) is 0 Å². The average Bonchev–Trinajstić information content (AvgIpc) is 2.75. The smallest absolute Gasteiger partial charge is 0.162 e. The zero-order valence-electron chi connectivity index (χ0n) is 8.80. The minimum Gasteiger partial charge on any atom is -0.294 e. The lowest BCUT2D eigenvalue weighted by Gasteiger charge is -2.04. The molecule has 0 saturated carbocycles. The SMILES string of the molecule is O=C(Cc1ccc(Br)cc1Cl)C1=CCCC1. The summed E-state index contributed by atoms with van der Waals surface area (Å²) in [6.07, 6.45) is 5.53. The maximum absolute atomic E-state index is 11.9. The molecule has 1 aromatic carbocycles. The fourth-order valence-electron chi connectivity index (χ4n) is 1.88. The second kappa shape index (κ2) is 5.15. The molecule has 1 aliphatic carbocycles. The molecule has 84 valence electrons. The summed E-state index contributed by atoms with van der Waals surface area (Å²) >= 11 is 9.43. The summed E-state index contributed by atoms with van der Waals surface area (Å²) < 4.78 is 0.939. The van der Waals surface area contributed by atoms with Crippen molar-refractivity contribution in [3.8, 4) is 0 Å². The van der Waals surface area contributed by atoms with E-state index < -0.39 is 0 Å². The van der Waals surface area contributed by atoms with Gasteiger partial charge in [0.25, 0.3) is 0 Å². The molecule has 0 unspecified atom stereocenters. The maximum atomic E-state index is 11.9. The van der Waals surface area contributed by atoms with Crippen LogP contribution in [0.4, 0.5) is 0 Å². The van der Waals surface area contributed by atoms with Gasteiger partial charge in [-0.2, -0.15) is 0 Å². The fourth-order valence-corrected chi connectivity index (χ4v) is 2.62. The Balaban J connectivity index is 2.11. The largest absolute Gasteiger partial charge is 0.294 e. The molecule has 0 heterocycles. The van der Waals surface area contributed by atoms with E-state index in [-0.39, 0.29) is 5.78 Å². The Morgan fingerprint density at radius 2 is 2.25 bits per heavy atom. The van der Waals surface area contributed by atoms with Crippen molar-refractivity contribution in [1.29, 1.82) is 0 Å². The summed E-state index contributed by atoms with van der Waals surface area (Å²) in [6.45, 7) is 0. The van der Waals surface area contributed by atoms with Gasteiger partial charge in [0, 0.05) is 15.9 Å². The Kier molecular flexibility index (Phi) is 3.82. The predicted octanol–water partition coefficient (Wildman–Crippen LogP) is 4.32. The maximum Gasteiger partial charge on any atom is 0.162 e. The molecule has 0 amide bonds. The molecule has 2 rings (SSSR count). The van der Waals surface area contributed by atoms with E-state index >= 15 is 0 Å². The zero-order valence-corrected chi connectivity index (χ0v) is 11.1. The third-order valence-electron chi connectivity index (χ3n) is 2.77. The molecule has 0 saturated heterocycles. The third-order valence-corrected chi connectivity index (χ3v) is 3.61. The number of hydrogen-bond donors (Lipinski definition) is 0. The van der Waals surface area contributed by atoms with E-state index in [0.29, 0.717) is 11.4 Å². The van der Waals surface area contributed by atoms with Gasteiger partial charge in [-0.3, -0.25) is 4.79 Å². The van der Waals surface area contributed by atoms with E-state index in [4.69, 9.17) is 11.6 Å². The van der Waals surface area contributed by atoms with Crippen molar-refractivity contribution in [3.05, 3.63) is 44.9 Å².